The van der Waals surface area contributed by atoms with Gasteiger partial charge in [-0.2, -0.15) is 8.42 Å². The van der Waals surface area contributed by atoms with E-state index in [-0.39, 0.29) is 5.25 Å². The SMILES string of the molecule is O=S(=O)(O)SC1C[NH2+]C1. The number of quaternary nitrogens is 1. The Morgan fingerprint density at radius 1 is 1.56 bits per heavy atom. The third-order valence-corrected chi connectivity index (χ3v) is 3.56. The van der Waals surface area contributed by atoms with Crippen LogP contribution in [0.3, 0.4) is 0 Å². The smallest absolute Gasteiger partial charge is 0.320 e. The maximum atomic E-state index is 10.1. The maximum absolute atomic E-state index is 10.1. The van der Waals surface area contributed by atoms with Gasteiger partial charge in [-0.25, -0.2) is 0 Å². The van der Waals surface area contributed by atoms with Gasteiger partial charge in [-0.1, -0.05) is 0 Å². The summed E-state index contributed by atoms with van der Waals surface area (Å²) in [6.45, 7) is 1.59. The minimum Gasteiger partial charge on any atom is -0.344 e. The van der Waals surface area contributed by atoms with Crippen LogP contribution in [0, 0.1) is 0 Å². The molecule has 0 aromatic carbocycles. The van der Waals surface area contributed by atoms with Gasteiger partial charge in [-0.3, -0.25) is 4.55 Å². The first-order valence-corrected chi connectivity index (χ1v) is 5.39. The molecule has 1 rings (SSSR count). The van der Waals surface area contributed by atoms with E-state index in [9.17, 15) is 8.42 Å². The van der Waals surface area contributed by atoms with Crippen LogP contribution < -0.4 is 5.32 Å². The zero-order chi connectivity index (χ0) is 6.91. The van der Waals surface area contributed by atoms with E-state index in [2.05, 4.69) is 0 Å². The zero-order valence-electron chi connectivity index (χ0n) is 4.65. The standard InChI is InChI=1S/C3H7NO3S2/c5-9(6,7)8-3-1-4-2-3/h3-4H,1-2H2,(H,5,6,7)/p+1. The first-order chi connectivity index (χ1) is 4.08. The predicted octanol–water partition coefficient (Wildman–Crippen LogP) is -1.53. The van der Waals surface area contributed by atoms with Gasteiger partial charge in [0.2, 0.25) is 0 Å². The van der Waals surface area contributed by atoms with Crippen LogP contribution in [0.25, 0.3) is 0 Å². The van der Waals surface area contributed by atoms with Gasteiger partial charge in [0.1, 0.15) is 5.25 Å². The summed E-state index contributed by atoms with van der Waals surface area (Å²) in [5, 5.41) is 2.09. The molecular weight excluding hydrogens is 162 g/mol. The summed E-state index contributed by atoms with van der Waals surface area (Å²) >= 11 is 0. The molecule has 1 aliphatic heterocycles. The van der Waals surface area contributed by atoms with Crippen molar-refractivity contribution in [1.29, 1.82) is 0 Å². The van der Waals surface area contributed by atoms with Gasteiger partial charge in [-0.05, 0) is 0 Å². The second-order valence-electron chi connectivity index (χ2n) is 1.91. The topological polar surface area (TPSA) is 71.0 Å². The predicted molar refractivity (Wildman–Crippen MR) is 34.6 cm³/mol. The largest absolute Gasteiger partial charge is 0.344 e. The van der Waals surface area contributed by atoms with Gasteiger partial charge < -0.3 is 5.32 Å². The van der Waals surface area contributed by atoms with Crippen LogP contribution >= 0.6 is 10.8 Å². The van der Waals surface area contributed by atoms with Crippen molar-refractivity contribution in [3.8, 4) is 0 Å². The van der Waals surface area contributed by atoms with Gasteiger partial charge >= 0.3 is 9.15 Å². The molecule has 0 aromatic rings. The first kappa shape index (κ1) is 7.33. The van der Waals surface area contributed by atoms with Crippen LogP contribution in [-0.2, 0) is 9.15 Å². The minimum atomic E-state index is -3.79. The van der Waals surface area contributed by atoms with Crippen LogP contribution in [0.5, 0.6) is 0 Å². The molecule has 3 N–H and O–H groups in total. The Morgan fingerprint density at radius 3 is 2.22 bits per heavy atom. The van der Waals surface area contributed by atoms with Crippen molar-refractivity contribution >= 4 is 19.9 Å². The Morgan fingerprint density at radius 2 is 2.11 bits per heavy atom. The molecule has 0 radical (unpaired) electrons. The third kappa shape index (κ3) is 2.53. The van der Waals surface area contributed by atoms with E-state index in [1.165, 1.54) is 0 Å². The van der Waals surface area contributed by atoms with Crippen molar-refractivity contribution in [2.45, 2.75) is 5.25 Å². The van der Waals surface area contributed by atoms with Crippen LogP contribution in [0.15, 0.2) is 0 Å². The lowest BCUT2D eigenvalue weighted by molar-refractivity contribution is -0.701. The lowest BCUT2D eigenvalue weighted by Crippen LogP contribution is -2.97. The quantitative estimate of drug-likeness (QED) is 0.389. The molecule has 0 saturated carbocycles. The molecule has 1 saturated heterocycles. The van der Waals surface area contributed by atoms with Crippen molar-refractivity contribution in [1.82, 2.24) is 0 Å². The lowest BCUT2D eigenvalue weighted by Gasteiger charge is -2.19. The highest BCUT2D eigenvalue weighted by Gasteiger charge is 2.27. The first-order valence-electron chi connectivity index (χ1n) is 2.55. The molecule has 0 atom stereocenters. The molecule has 0 unspecified atom stereocenters. The van der Waals surface area contributed by atoms with E-state index in [0.29, 0.717) is 10.8 Å². The fourth-order valence-electron chi connectivity index (χ4n) is 0.553. The summed E-state index contributed by atoms with van der Waals surface area (Å²) in [6, 6.07) is 0. The van der Waals surface area contributed by atoms with Crippen LogP contribution in [0.1, 0.15) is 0 Å². The highest BCUT2D eigenvalue weighted by molar-refractivity contribution is 8.70. The van der Waals surface area contributed by atoms with Gasteiger partial charge in [0.25, 0.3) is 0 Å². The van der Waals surface area contributed by atoms with Crippen molar-refractivity contribution in [2.75, 3.05) is 13.1 Å². The summed E-state index contributed by atoms with van der Waals surface area (Å²) in [4.78, 5) is 0. The molecule has 1 aliphatic rings. The van der Waals surface area contributed by atoms with Crippen LogP contribution in [0.2, 0.25) is 0 Å². The third-order valence-electron chi connectivity index (χ3n) is 1.12. The second kappa shape index (κ2) is 2.45. The van der Waals surface area contributed by atoms with Gasteiger partial charge in [0.15, 0.2) is 0 Å². The molecule has 0 spiro atoms. The number of rotatable bonds is 2. The fourth-order valence-corrected chi connectivity index (χ4v) is 2.83. The van der Waals surface area contributed by atoms with Gasteiger partial charge in [0, 0.05) is 10.8 Å². The molecule has 0 bridgehead atoms. The Kier molecular flexibility index (Phi) is 2.00. The number of hydrogen-bond acceptors (Lipinski definition) is 3. The van der Waals surface area contributed by atoms with E-state index in [1.807, 2.05) is 5.32 Å². The zero-order valence-corrected chi connectivity index (χ0v) is 6.28. The van der Waals surface area contributed by atoms with Gasteiger partial charge in [0.05, 0.1) is 13.1 Å². The molecular formula is C3H8NO3S2+. The lowest BCUT2D eigenvalue weighted by atomic mass is 10.3. The summed E-state index contributed by atoms with van der Waals surface area (Å²) in [5.74, 6) is 0. The molecule has 0 aliphatic carbocycles. The van der Waals surface area contributed by atoms with Gasteiger partial charge in [-0.15, -0.1) is 0 Å². The Bertz CT molecular complexity index is 183. The van der Waals surface area contributed by atoms with E-state index in [1.54, 1.807) is 0 Å². The van der Waals surface area contributed by atoms with Crippen molar-refractivity contribution in [2.24, 2.45) is 0 Å². The molecule has 0 aromatic heterocycles. The average molecular weight is 170 g/mol. The molecule has 1 heterocycles. The fraction of sp³-hybridized carbons (Fsp3) is 1.00. The molecule has 54 valence electrons. The summed E-state index contributed by atoms with van der Waals surface area (Å²) < 4.78 is 28.6. The van der Waals surface area contributed by atoms with E-state index in [0.717, 1.165) is 13.1 Å². The van der Waals surface area contributed by atoms with E-state index in [4.69, 9.17) is 4.55 Å². The Hall–Kier alpha value is 0.220. The van der Waals surface area contributed by atoms with E-state index < -0.39 is 9.15 Å². The maximum Gasteiger partial charge on any atom is 0.320 e. The number of hydrogen-bond donors (Lipinski definition) is 2. The van der Waals surface area contributed by atoms with Crippen molar-refractivity contribution in [3.05, 3.63) is 0 Å². The van der Waals surface area contributed by atoms with E-state index >= 15 is 0 Å². The normalized spacial score (nSPS) is 21.4. The van der Waals surface area contributed by atoms with Crippen LogP contribution in [0.4, 0.5) is 0 Å². The highest BCUT2D eigenvalue weighted by Crippen LogP contribution is 2.16. The Balaban J connectivity index is 2.33. The molecule has 0 amide bonds. The minimum absolute atomic E-state index is 0.0972. The number of nitrogens with two attached hydrogens (primary N) is 1. The van der Waals surface area contributed by atoms with Crippen LogP contribution in [-0.4, -0.2) is 31.3 Å². The molecule has 1 fully saturated rings. The summed E-state index contributed by atoms with van der Waals surface area (Å²) in [7, 11) is -3.15. The summed E-state index contributed by atoms with van der Waals surface area (Å²) in [6.07, 6.45) is 0. The second-order valence-corrected chi connectivity index (χ2v) is 5.46. The van der Waals surface area contributed by atoms with Crippen molar-refractivity contribution < 1.29 is 18.3 Å². The molecule has 9 heavy (non-hydrogen) atoms. The Labute approximate surface area is 57.2 Å². The van der Waals surface area contributed by atoms with Crippen molar-refractivity contribution in [3.63, 3.8) is 0 Å². The average Bonchev–Trinajstić information content (AvgIpc) is 1.53. The highest BCUT2D eigenvalue weighted by atomic mass is 33.1. The summed E-state index contributed by atoms with van der Waals surface area (Å²) in [5.41, 5.74) is 0. The molecule has 4 nitrogen and oxygen atoms in total. The molecule has 6 heteroatoms. The monoisotopic (exact) mass is 170 g/mol.